The van der Waals surface area contributed by atoms with E-state index in [0.717, 1.165) is 72.8 Å². The van der Waals surface area contributed by atoms with Crippen molar-refractivity contribution in [2.24, 2.45) is 4.52 Å². The molecule has 348 valence electrons. The molecule has 0 saturated heterocycles. The highest BCUT2D eigenvalue weighted by Crippen LogP contribution is 2.79. The van der Waals surface area contributed by atoms with Gasteiger partial charge in [0.15, 0.2) is 69.0 Å². The van der Waals surface area contributed by atoms with Crippen molar-refractivity contribution in [2.75, 3.05) is 0 Å². The first-order chi connectivity index (χ1) is 31.1. The zero-order valence-corrected chi connectivity index (χ0v) is 34.8. The summed E-state index contributed by atoms with van der Waals surface area (Å²) in [5.41, 5.74) is 0. The number of nitrogens with zero attached hydrogens (tertiary/aromatic N) is 3. The molecule has 7 rings (SSSR count). The van der Waals surface area contributed by atoms with Crippen molar-refractivity contribution in [1.29, 1.82) is 0 Å². The second-order valence-electron chi connectivity index (χ2n) is 12.8. The van der Waals surface area contributed by atoms with E-state index < -0.39 is 163 Å². The van der Waals surface area contributed by atoms with Gasteiger partial charge in [-0.1, -0.05) is 0 Å². The molecule has 27 nitrogen and oxygen atoms in total. The van der Waals surface area contributed by atoms with Gasteiger partial charge in [0.25, 0.3) is 0 Å². The Labute approximate surface area is 368 Å². The Balaban J connectivity index is 1.63. The first-order valence-corrected chi connectivity index (χ1v) is 21.4. The Morgan fingerprint density at radius 2 is 0.621 bits per heavy atom. The van der Waals surface area contributed by atoms with Crippen molar-refractivity contribution in [3.8, 4) is 138 Å². The van der Waals surface area contributed by atoms with Crippen molar-refractivity contribution in [2.45, 2.75) is 0 Å². The van der Waals surface area contributed by atoms with Gasteiger partial charge in [-0.15, -0.1) is 4.52 Å². The van der Waals surface area contributed by atoms with Crippen LogP contribution in [0.5, 0.6) is 138 Å². The SMILES string of the molecule is Oc1ccc(ON2P(Oc3ccc(O)c(O)c3O)N=P(Oc3ccc(O)c(O)c3O)(Oc3ccc(O)c(O)c3O)N(Oc3ccc(O)c(O)c3O)P2Oc2ccc(O)c(O)c2O)c(O)c1O. The van der Waals surface area contributed by atoms with Gasteiger partial charge in [-0.3, -0.25) is 0 Å². The molecular weight excluding hydrogens is 951 g/mol. The van der Waals surface area contributed by atoms with Gasteiger partial charge >= 0.3 is 24.6 Å². The molecular formula is C36H30N3O24P3. The molecule has 0 radical (unpaired) electrons. The van der Waals surface area contributed by atoms with Crippen LogP contribution in [0.25, 0.3) is 0 Å². The molecule has 30 heteroatoms. The van der Waals surface area contributed by atoms with Crippen LogP contribution in [-0.2, 0) is 0 Å². The van der Waals surface area contributed by atoms with E-state index in [4.69, 9.17) is 27.8 Å². The number of phenolic OH excluding ortho intramolecular Hbond substituents is 18. The molecule has 0 amide bonds. The number of hydrogen-bond acceptors (Lipinski definition) is 27. The summed E-state index contributed by atoms with van der Waals surface area (Å²) >= 11 is 0. The molecule has 0 aromatic heterocycles. The van der Waals surface area contributed by atoms with Crippen LogP contribution in [0.1, 0.15) is 0 Å². The maximum atomic E-state index is 11.1. The van der Waals surface area contributed by atoms with Crippen LogP contribution in [0.2, 0.25) is 0 Å². The number of aromatic hydroxyl groups is 18. The highest BCUT2D eigenvalue weighted by atomic mass is 31.3. The van der Waals surface area contributed by atoms with E-state index in [1.54, 1.807) is 0 Å². The summed E-state index contributed by atoms with van der Waals surface area (Å²) in [5.74, 6) is -25.8. The summed E-state index contributed by atoms with van der Waals surface area (Å²) in [5, 5.41) is 190. The molecule has 0 aliphatic carbocycles. The lowest BCUT2D eigenvalue weighted by molar-refractivity contribution is 0.0501. The molecule has 1 heterocycles. The van der Waals surface area contributed by atoms with E-state index in [1.807, 2.05) is 0 Å². The van der Waals surface area contributed by atoms with Crippen molar-refractivity contribution in [1.82, 2.24) is 9.21 Å². The number of hydrogen-bond donors (Lipinski definition) is 18. The predicted molar refractivity (Wildman–Crippen MR) is 219 cm³/mol. The normalized spacial score (nSPS) is 15.9. The van der Waals surface area contributed by atoms with E-state index in [0.29, 0.717) is 4.60 Å². The zero-order chi connectivity index (χ0) is 48.1. The number of rotatable bonds is 12. The minimum absolute atomic E-state index is 0.275. The average molecular weight is 982 g/mol. The first-order valence-electron chi connectivity index (χ1n) is 17.5. The van der Waals surface area contributed by atoms with Crippen molar-refractivity contribution >= 4 is 24.6 Å². The van der Waals surface area contributed by atoms with E-state index >= 15 is 0 Å². The quantitative estimate of drug-likeness (QED) is 0.0493. The van der Waals surface area contributed by atoms with Crippen LogP contribution in [0.15, 0.2) is 77.3 Å². The molecule has 2 atom stereocenters. The van der Waals surface area contributed by atoms with Crippen LogP contribution in [0.3, 0.4) is 0 Å². The highest BCUT2D eigenvalue weighted by Gasteiger charge is 2.59. The van der Waals surface area contributed by atoms with Gasteiger partial charge in [0, 0.05) is 9.21 Å². The molecule has 6 aromatic carbocycles. The lowest BCUT2D eigenvalue weighted by Crippen LogP contribution is -2.37. The fourth-order valence-electron chi connectivity index (χ4n) is 5.15. The molecule has 1 aliphatic rings. The second-order valence-corrected chi connectivity index (χ2v) is 18.3. The predicted octanol–water partition coefficient (Wildman–Crippen LogP) is 6.01. The minimum Gasteiger partial charge on any atom is -0.504 e. The van der Waals surface area contributed by atoms with Gasteiger partial charge in [0.2, 0.25) is 69.0 Å². The van der Waals surface area contributed by atoms with Crippen LogP contribution in [0.4, 0.5) is 0 Å². The lowest BCUT2D eigenvalue weighted by atomic mass is 10.3. The Kier molecular flexibility index (Phi) is 11.9. The Morgan fingerprint density at radius 3 is 1.00 bits per heavy atom. The van der Waals surface area contributed by atoms with E-state index in [2.05, 4.69) is 4.52 Å². The second kappa shape index (κ2) is 17.2. The molecule has 0 bridgehead atoms. The average Bonchev–Trinajstić information content (AvgIpc) is 3.29. The van der Waals surface area contributed by atoms with E-state index in [-0.39, 0.29) is 4.60 Å². The maximum absolute atomic E-state index is 11.1. The third-order valence-corrected chi connectivity index (χ3v) is 15.4. The maximum Gasteiger partial charge on any atom is 0.447 e. The van der Waals surface area contributed by atoms with Crippen LogP contribution in [0, 0.1) is 0 Å². The Bertz CT molecular complexity index is 2900. The summed E-state index contributed by atoms with van der Waals surface area (Å²) in [6.07, 6.45) is 0. The summed E-state index contributed by atoms with van der Waals surface area (Å²) in [4.78, 5) is 12.0. The topological polar surface area (TPSA) is 438 Å². The van der Waals surface area contributed by atoms with Gasteiger partial charge < -0.3 is 120 Å². The summed E-state index contributed by atoms with van der Waals surface area (Å²) in [6.45, 7) is 0. The Hall–Kier alpha value is -8.47. The highest BCUT2D eigenvalue weighted by molar-refractivity contribution is 7.78. The minimum atomic E-state index is -5.49. The molecule has 2 unspecified atom stereocenters. The Morgan fingerprint density at radius 1 is 0.333 bits per heavy atom. The molecule has 0 spiro atoms. The van der Waals surface area contributed by atoms with Crippen molar-refractivity contribution in [3.05, 3.63) is 72.8 Å². The first kappa shape index (κ1) is 45.6. The summed E-state index contributed by atoms with van der Waals surface area (Å²) in [7, 11) is -12.7. The molecule has 66 heavy (non-hydrogen) atoms. The fourth-order valence-corrected chi connectivity index (χ4v) is 12.7. The molecule has 0 saturated carbocycles. The van der Waals surface area contributed by atoms with Crippen LogP contribution >= 0.6 is 24.6 Å². The molecule has 18 N–H and O–H groups in total. The van der Waals surface area contributed by atoms with Crippen molar-refractivity contribution in [3.63, 3.8) is 0 Å². The molecule has 1 aliphatic heterocycles. The summed E-state index contributed by atoms with van der Waals surface area (Å²) < 4.78 is 29.6. The van der Waals surface area contributed by atoms with Crippen LogP contribution < -0.4 is 27.8 Å². The third kappa shape index (κ3) is 8.13. The van der Waals surface area contributed by atoms with Crippen LogP contribution in [-0.4, -0.2) is 101 Å². The van der Waals surface area contributed by atoms with E-state index in [1.165, 1.54) is 0 Å². The van der Waals surface area contributed by atoms with Gasteiger partial charge in [0.05, 0.1) is 0 Å². The van der Waals surface area contributed by atoms with E-state index in [9.17, 15) is 91.9 Å². The largest absolute Gasteiger partial charge is 0.504 e. The van der Waals surface area contributed by atoms with Gasteiger partial charge in [-0.2, -0.15) is 0 Å². The fraction of sp³-hybridized carbons (Fsp3) is 0. The lowest BCUT2D eigenvalue weighted by Gasteiger charge is -2.43. The number of phenols is 18. The monoisotopic (exact) mass is 981 g/mol. The number of benzene rings is 6. The third-order valence-electron chi connectivity index (χ3n) is 8.56. The molecule has 0 fully saturated rings. The van der Waals surface area contributed by atoms with Gasteiger partial charge in [0.1, 0.15) is 0 Å². The smallest absolute Gasteiger partial charge is 0.447 e. The summed E-state index contributed by atoms with van der Waals surface area (Å²) in [6, 6.07) is 9.46. The van der Waals surface area contributed by atoms with Gasteiger partial charge in [-0.25, -0.2) is 0 Å². The van der Waals surface area contributed by atoms with Crippen molar-refractivity contribution < 1.29 is 120 Å². The zero-order valence-electron chi connectivity index (χ0n) is 32.1. The standard InChI is InChI=1S/C36H30N3O24P3/c40-13-1-7-19(31(52)25(13)46)58-38-64(60-21-9-3-15(42)27(48)33(21)54)37-66(62-23-11-5-17(44)29(50)35(23)56,63-24-12-6-18(45)30(51)36(24)57)39(59-20-8-2-14(41)26(47)32(20)53)65(38)61-22-10-4-16(43)28(49)34(22)55/h1-12,40-57H. The van der Waals surface area contributed by atoms with Gasteiger partial charge in [-0.05, 0) is 72.8 Å². The molecule has 6 aromatic rings.